The molecule has 42 heavy (non-hydrogen) atoms. The fourth-order valence-corrected chi connectivity index (χ4v) is 5.45. The number of carbonyl (C=O) groups excluding carboxylic acids is 2. The van der Waals surface area contributed by atoms with Gasteiger partial charge in [0.25, 0.3) is 5.91 Å². The first kappa shape index (κ1) is 27.4. The van der Waals surface area contributed by atoms with Crippen LogP contribution in [0, 0.1) is 11.6 Å². The molecule has 2 N–H and O–H groups in total. The van der Waals surface area contributed by atoms with E-state index in [-0.39, 0.29) is 41.7 Å². The van der Waals surface area contributed by atoms with Gasteiger partial charge in [-0.3, -0.25) is 14.0 Å². The lowest BCUT2D eigenvalue weighted by molar-refractivity contribution is -0.134. The number of aromatic nitrogens is 4. The van der Waals surface area contributed by atoms with Crippen LogP contribution < -0.4 is 15.1 Å². The van der Waals surface area contributed by atoms with Crippen LogP contribution in [0.3, 0.4) is 0 Å². The summed E-state index contributed by atoms with van der Waals surface area (Å²) in [5.74, 6) is -1.87. The van der Waals surface area contributed by atoms with Crippen molar-refractivity contribution in [2.45, 2.75) is 18.6 Å². The smallest absolute Gasteiger partial charge is 0.293 e. The summed E-state index contributed by atoms with van der Waals surface area (Å²) in [6.45, 7) is 1.67. The minimum Gasteiger partial charge on any atom is -0.387 e. The molecular weight excluding hydrogens is 553 g/mol. The number of benzene rings is 2. The van der Waals surface area contributed by atoms with Crippen molar-refractivity contribution in [3.63, 3.8) is 0 Å². The summed E-state index contributed by atoms with van der Waals surface area (Å²) in [5, 5.41) is 19.8. The van der Waals surface area contributed by atoms with E-state index >= 15 is 0 Å². The van der Waals surface area contributed by atoms with Crippen LogP contribution in [0.2, 0.25) is 0 Å². The molecule has 0 unspecified atom stereocenters. The highest BCUT2D eigenvalue weighted by Crippen LogP contribution is 2.38. The predicted molar refractivity (Wildman–Crippen MR) is 147 cm³/mol. The van der Waals surface area contributed by atoms with Crippen LogP contribution in [-0.4, -0.2) is 86.9 Å². The zero-order chi connectivity index (χ0) is 29.4. The maximum absolute atomic E-state index is 14.6. The fraction of sp³-hybridized carbons (Fsp3) is 0.321. The lowest BCUT2D eigenvalue weighted by Crippen LogP contribution is -2.49. The average Bonchev–Trinajstić information content (AvgIpc) is 3.61. The maximum atomic E-state index is 14.6. The Hall–Kier alpha value is -4.72. The van der Waals surface area contributed by atoms with Crippen LogP contribution in [0.15, 0.2) is 54.9 Å². The Labute approximate surface area is 238 Å². The molecule has 14 heteroatoms. The Balaban J connectivity index is 1.18. The summed E-state index contributed by atoms with van der Waals surface area (Å²) in [6, 6.07) is 9.51. The Kier molecular flexibility index (Phi) is 7.37. The molecule has 218 valence electrons. The topological polar surface area (TPSA) is 119 Å². The molecule has 6 rings (SSSR count). The number of rotatable bonds is 6. The third-order valence-corrected chi connectivity index (χ3v) is 7.60. The fourth-order valence-electron chi connectivity index (χ4n) is 5.45. The van der Waals surface area contributed by atoms with Crippen LogP contribution in [0.4, 0.5) is 30.4 Å². The van der Waals surface area contributed by atoms with E-state index in [4.69, 9.17) is 5.11 Å². The number of fused-ring (bicyclic) bond motifs is 1. The number of anilines is 3. The third kappa shape index (κ3) is 5.32. The zero-order valence-electron chi connectivity index (χ0n) is 22.3. The zero-order valence-corrected chi connectivity index (χ0v) is 22.3. The van der Waals surface area contributed by atoms with Gasteiger partial charge in [-0.05, 0) is 42.5 Å². The normalized spacial score (nSPS) is 19.0. The minimum absolute atomic E-state index is 0.0303. The van der Waals surface area contributed by atoms with Crippen LogP contribution in [0.5, 0.6) is 0 Å². The van der Waals surface area contributed by atoms with Crippen LogP contribution in [-0.2, 0) is 4.79 Å². The number of carbonyl (C=O) groups is 2. The van der Waals surface area contributed by atoms with Gasteiger partial charge in [0.1, 0.15) is 30.2 Å². The van der Waals surface area contributed by atoms with E-state index in [1.165, 1.54) is 16.8 Å². The number of halogens is 3. The second-order valence-electron chi connectivity index (χ2n) is 10.2. The minimum atomic E-state index is -1.28. The largest absolute Gasteiger partial charge is 0.387 e. The summed E-state index contributed by atoms with van der Waals surface area (Å²) in [7, 11) is 0. The maximum Gasteiger partial charge on any atom is 0.293 e. The van der Waals surface area contributed by atoms with Gasteiger partial charge in [-0.15, -0.1) is 10.2 Å². The lowest BCUT2D eigenvalue weighted by Gasteiger charge is -2.35. The van der Waals surface area contributed by atoms with E-state index in [2.05, 4.69) is 25.4 Å². The van der Waals surface area contributed by atoms with E-state index in [1.807, 2.05) is 12.1 Å². The van der Waals surface area contributed by atoms with Crippen molar-refractivity contribution in [2.75, 3.05) is 54.4 Å². The first-order valence-electron chi connectivity index (χ1n) is 13.4. The molecule has 0 spiro atoms. The van der Waals surface area contributed by atoms with Gasteiger partial charge in [-0.2, -0.15) is 0 Å². The van der Waals surface area contributed by atoms with Gasteiger partial charge in [-0.25, -0.2) is 18.2 Å². The van der Waals surface area contributed by atoms with Gasteiger partial charge in [0.05, 0.1) is 25.0 Å². The van der Waals surface area contributed by atoms with Crippen LogP contribution in [0.1, 0.15) is 28.6 Å². The molecule has 2 atom stereocenters. The number of aliphatic hydroxyl groups excluding tert-OH is 1. The highest BCUT2D eigenvalue weighted by atomic mass is 19.1. The summed E-state index contributed by atoms with van der Waals surface area (Å²) in [4.78, 5) is 34.5. The molecule has 4 aromatic rings. The van der Waals surface area contributed by atoms with Crippen molar-refractivity contribution in [1.82, 2.24) is 24.5 Å². The van der Waals surface area contributed by atoms with E-state index < -0.39 is 36.4 Å². The second-order valence-corrected chi connectivity index (χ2v) is 10.2. The van der Waals surface area contributed by atoms with Crippen molar-refractivity contribution >= 4 is 34.7 Å². The van der Waals surface area contributed by atoms with Crippen molar-refractivity contribution in [1.29, 1.82) is 0 Å². The molecule has 2 aromatic carbocycles. The van der Waals surface area contributed by atoms with Crippen LogP contribution in [0.25, 0.3) is 5.65 Å². The van der Waals surface area contributed by atoms with Gasteiger partial charge in [0.2, 0.25) is 11.7 Å². The molecule has 11 nitrogen and oxygen atoms in total. The lowest BCUT2D eigenvalue weighted by atomic mass is 10.0. The van der Waals surface area contributed by atoms with Gasteiger partial charge in [0, 0.05) is 49.5 Å². The standard InChI is InChI=1S/C28H27F3N8O3/c29-17-1-6-22(31)21(11-17)23-12-18(30)14-38(23)25-15-39-24(13-32-25)34-35-27(39)28(42)33-19-2-4-20(5-3-19)36-7-9-37(10-8-36)26(41)16-40/h1-6,11,13,15,18,23,40H,7-10,12,14,16H2,(H,33,42)/t18-,23+/m0/s1. The molecule has 0 aliphatic carbocycles. The molecule has 2 fully saturated rings. The number of nitrogens with one attached hydrogen (secondary N) is 1. The Bertz CT molecular complexity index is 1620. The Morgan fingerprint density at radius 3 is 2.52 bits per heavy atom. The quantitative estimate of drug-likeness (QED) is 0.357. The van der Waals surface area contributed by atoms with Crippen molar-refractivity contribution in [3.05, 3.63) is 77.9 Å². The number of alkyl halides is 1. The highest BCUT2D eigenvalue weighted by molar-refractivity contribution is 6.02. The summed E-state index contributed by atoms with van der Waals surface area (Å²) in [5.41, 5.74) is 1.75. The molecule has 2 aliphatic rings. The molecular formula is C28H27F3N8O3. The van der Waals surface area contributed by atoms with E-state index in [1.54, 1.807) is 21.9 Å². The van der Waals surface area contributed by atoms with E-state index in [0.29, 0.717) is 31.9 Å². The monoisotopic (exact) mass is 580 g/mol. The number of amides is 2. The number of hydrogen-bond donors (Lipinski definition) is 2. The Morgan fingerprint density at radius 1 is 1.02 bits per heavy atom. The number of piperazine rings is 1. The Morgan fingerprint density at radius 2 is 1.79 bits per heavy atom. The first-order chi connectivity index (χ1) is 20.3. The first-order valence-corrected chi connectivity index (χ1v) is 13.4. The molecule has 0 radical (unpaired) electrons. The summed E-state index contributed by atoms with van der Waals surface area (Å²) >= 11 is 0. The van der Waals surface area contributed by atoms with Crippen LogP contribution >= 0.6 is 0 Å². The third-order valence-electron chi connectivity index (χ3n) is 7.60. The van der Waals surface area contributed by atoms with Crippen molar-refractivity contribution < 1.29 is 27.9 Å². The molecule has 2 saturated heterocycles. The SMILES string of the molecule is O=C(Nc1ccc(N2CCN(C(=O)CO)CC2)cc1)c1nnc2cnc(N3C[C@@H](F)C[C@@H]3c3cc(F)ccc3F)cn12. The van der Waals surface area contributed by atoms with Crippen molar-refractivity contribution in [2.24, 2.45) is 0 Å². The summed E-state index contributed by atoms with van der Waals surface area (Å²) < 4.78 is 44.4. The number of aliphatic hydroxyl groups is 1. The second kappa shape index (κ2) is 11.3. The predicted octanol–water partition coefficient (Wildman–Crippen LogP) is 2.59. The van der Waals surface area contributed by atoms with Gasteiger partial charge >= 0.3 is 0 Å². The number of hydrogen-bond acceptors (Lipinski definition) is 8. The van der Waals surface area contributed by atoms with E-state index in [9.17, 15) is 22.8 Å². The molecule has 0 saturated carbocycles. The summed E-state index contributed by atoms with van der Waals surface area (Å²) in [6.07, 6.45) is 1.54. The van der Waals surface area contributed by atoms with Gasteiger partial charge < -0.3 is 25.1 Å². The molecule has 0 bridgehead atoms. The number of nitrogens with zero attached hydrogens (tertiary/aromatic N) is 7. The van der Waals surface area contributed by atoms with Gasteiger partial charge in [-0.1, -0.05) is 0 Å². The highest BCUT2D eigenvalue weighted by Gasteiger charge is 2.36. The molecule has 4 heterocycles. The van der Waals surface area contributed by atoms with Crippen molar-refractivity contribution in [3.8, 4) is 0 Å². The average molecular weight is 581 g/mol. The van der Waals surface area contributed by atoms with Gasteiger partial charge in [0.15, 0.2) is 5.65 Å². The molecule has 2 aromatic heterocycles. The van der Waals surface area contributed by atoms with E-state index in [0.717, 1.165) is 23.9 Å². The molecule has 2 aliphatic heterocycles. The molecule has 2 amide bonds.